The Morgan fingerprint density at radius 3 is 2.45 bits per heavy atom. The Labute approximate surface area is 197 Å². The van der Waals surface area contributed by atoms with Gasteiger partial charge in [0.05, 0.1) is 11.8 Å². The molecule has 0 bridgehead atoms. The molecule has 7 nitrogen and oxygen atoms in total. The number of hydrogen-bond acceptors (Lipinski definition) is 5. The summed E-state index contributed by atoms with van der Waals surface area (Å²) in [5.74, 6) is -0.0543. The van der Waals surface area contributed by atoms with Crippen LogP contribution in [0.3, 0.4) is 0 Å². The Balaban J connectivity index is 1.66. The second kappa shape index (κ2) is 11.1. The van der Waals surface area contributed by atoms with E-state index < -0.39 is 11.9 Å². The average molecular weight is 470 g/mol. The van der Waals surface area contributed by atoms with E-state index in [9.17, 15) is 14.0 Å². The second-order valence-electron chi connectivity index (χ2n) is 7.95. The minimum Gasteiger partial charge on any atom is -0.342 e. The molecule has 3 rings (SSSR count). The molecular weight excluding hydrogens is 441 g/mol. The molecule has 1 atom stereocenters. The van der Waals surface area contributed by atoms with Crippen LogP contribution in [0, 0.1) is 11.7 Å². The van der Waals surface area contributed by atoms with E-state index in [0.29, 0.717) is 16.5 Å². The van der Waals surface area contributed by atoms with E-state index >= 15 is 0 Å². The molecule has 0 saturated heterocycles. The molecule has 0 aliphatic rings. The van der Waals surface area contributed by atoms with Gasteiger partial charge in [-0.25, -0.2) is 4.39 Å². The highest BCUT2D eigenvalue weighted by atomic mass is 32.2. The molecular formula is C24H28FN5O2S. The Hall–Kier alpha value is -3.20. The van der Waals surface area contributed by atoms with Crippen LogP contribution in [0.1, 0.15) is 48.6 Å². The van der Waals surface area contributed by atoms with Crippen LogP contribution in [-0.4, -0.2) is 32.3 Å². The highest BCUT2D eigenvalue weighted by molar-refractivity contribution is 7.99. The maximum absolute atomic E-state index is 13.2. The molecule has 0 aliphatic carbocycles. The van der Waals surface area contributed by atoms with E-state index in [-0.39, 0.29) is 23.5 Å². The number of rotatable bonds is 9. The van der Waals surface area contributed by atoms with E-state index in [0.717, 1.165) is 17.7 Å². The van der Waals surface area contributed by atoms with Crippen molar-refractivity contribution in [2.75, 3.05) is 11.1 Å². The van der Waals surface area contributed by atoms with Gasteiger partial charge in [0.1, 0.15) is 5.82 Å². The fourth-order valence-corrected chi connectivity index (χ4v) is 4.06. The molecule has 2 amide bonds. The number of para-hydroxylation sites is 1. The van der Waals surface area contributed by atoms with Crippen LogP contribution in [0.15, 0.2) is 53.7 Å². The van der Waals surface area contributed by atoms with Crippen molar-refractivity contribution in [2.24, 2.45) is 13.0 Å². The Kier molecular flexibility index (Phi) is 8.21. The van der Waals surface area contributed by atoms with Gasteiger partial charge in [-0.15, -0.1) is 10.2 Å². The van der Waals surface area contributed by atoms with Crippen molar-refractivity contribution in [3.63, 3.8) is 0 Å². The molecule has 9 heteroatoms. The van der Waals surface area contributed by atoms with Crippen LogP contribution < -0.4 is 10.6 Å². The SMILES string of the molecule is CCc1ccccc1NC(=O)CSc1nnc(C(NC(=O)c2ccc(F)cc2)C(C)C)n1C. The van der Waals surface area contributed by atoms with E-state index in [1.165, 1.54) is 36.0 Å². The summed E-state index contributed by atoms with van der Waals surface area (Å²) in [5, 5.41) is 15.0. The number of aromatic nitrogens is 3. The predicted molar refractivity (Wildman–Crippen MR) is 128 cm³/mol. The summed E-state index contributed by atoms with van der Waals surface area (Å²) < 4.78 is 15.0. The zero-order chi connectivity index (χ0) is 24.0. The van der Waals surface area contributed by atoms with Crippen molar-refractivity contribution in [1.82, 2.24) is 20.1 Å². The number of amides is 2. The van der Waals surface area contributed by atoms with E-state index in [2.05, 4.69) is 20.8 Å². The number of nitrogens with one attached hydrogen (secondary N) is 2. The number of benzene rings is 2. The average Bonchev–Trinajstić information content (AvgIpc) is 3.16. The summed E-state index contributed by atoms with van der Waals surface area (Å²) in [6.45, 7) is 5.98. The van der Waals surface area contributed by atoms with Crippen LogP contribution in [-0.2, 0) is 18.3 Å². The third kappa shape index (κ3) is 6.19. The first-order valence-electron chi connectivity index (χ1n) is 10.8. The number of halogens is 1. The van der Waals surface area contributed by atoms with Crippen molar-refractivity contribution >= 4 is 29.3 Å². The van der Waals surface area contributed by atoms with E-state index in [1.807, 2.05) is 45.0 Å². The van der Waals surface area contributed by atoms with Crippen molar-refractivity contribution in [3.8, 4) is 0 Å². The maximum atomic E-state index is 13.2. The molecule has 0 spiro atoms. The van der Waals surface area contributed by atoms with Gasteiger partial charge in [0.15, 0.2) is 11.0 Å². The largest absolute Gasteiger partial charge is 0.342 e. The number of hydrogen-bond donors (Lipinski definition) is 2. The summed E-state index contributed by atoms with van der Waals surface area (Å²) in [4.78, 5) is 25.1. The number of nitrogens with zero attached hydrogens (tertiary/aromatic N) is 3. The lowest BCUT2D eigenvalue weighted by Crippen LogP contribution is -2.33. The van der Waals surface area contributed by atoms with Crippen LogP contribution in [0.2, 0.25) is 0 Å². The topological polar surface area (TPSA) is 88.9 Å². The molecule has 174 valence electrons. The normalized spacial score (nSPS) is 11.9. The van der Waals surface area contributed by atoms with Gasteiger partial charge in [-0.05, 0) is 48.2 Å². The smallest absolute Gasteiger partial charge is 0.251 e. The number of anilines is 1. The first-order valence-corrected chi connectivity index (χ1v) is 11.7. The van der Waals surface area contributed by atoms with Crippen molar-refractivity contribution in [2.45, 2.75) is 38.4 Å². The summed E-state index contributed by atoms with van der Waals surface area (Å²) in [7, 11) is 1.81. The maximum Gasteiger partial charge on any atom is 0.251 e. The standard InChI is InChI=1S/C24H28FN5O2S/c1-5-16-8-6-7-9-19(16)26-20(31)14-33-24-29-28-22(30(24)4)21(15(2)3)27-23(32)17-10-12-18(25)13-11-17/h6-13,15,21H,5,14H2,1-4H3,(H,26,31)(H,27,32). The van der Waals surface area contributed by atoms with Gasteiger partial charge in [-0.3, -0.25) is 9.59 Å². The summed E-state index contributed by atoms with van der Waals surface area (Å²) in [6, 6.07) is 12.7. The third-order valence-corrected chi connectivity index (χ3v) is 6.23. The van der Waals surface area contributed by atoms with Gasteiger partial charge >= 0.3 is 0 Å². The van der Waals surface area contributed by atoms with Gasteiger partial charge in [0.25, 0.3) is 5.91 Å². The number of carbonyl (C=O) groups excluding carboxylic acids is 2. The summed E-state index contributed by atoms with van der Waals surface area (Å²) in [6.07, 6.45) is 0.830. The molecule has 0 aliphatic heterocycles. The van der Waals surface area contributed by atoms with Crippen LogP contribution in [0.25, 0.3) is 0 Å². The van der Waals surface area contributed by atoms with Gasteiger partial charge in [-0.2, -0.15) is 0 Å². The van der Waals surface area contributed by atoms with Gasteiger partial charge < -0.3 is 15.2 Å². The predicted octanol–water partition coefficient (Wildman–Crippen LogP) is 4.37. The van der Waals surface area contributed by atoms with Gasteiger partial charge in [0.2, 0.25) is 5.91 Å². The highest BCUT2D eigenvalue weighted by Crippen LogP contribution is 2.25. The highest BCUT2D eigenvalue weighted by Gasteiger charge is 2.25. The lowest BCUT2D eigenvalue weighted by molar-refractivity contribution is -0.113. The Morgan fingerprint density at radius 1 is 1.09 bits per heavy atom. The van der Waals surface area contributed by atoms with Crippen LogP contribution in [0.4, 0.5) is 10.1 Å². The number of aryl methyl sites for hydroxylation is 1. The molecule has 1 heterocycles. The fourth-order valence-electron chi connectivity index (χ4n) is 3.34. The van der Waals surface area contributed by atoms with E-state index in [4.69, 9.17) is 0 Å². The minimum atomic E-state index is -0.403. The molecule has 3 aromatic rings. The molecule has 33 heavy (non-hydrogen) atoms. The number of carbonyl (C=O) groups is 2. The molecule has 1 aromatic heterocycles. The van der Waals surface area contributed by atoms with Crippen molar-refractivity contribution < 1.29 is 14.0 Å². The van der Waals surface area contributed by atoms with Gasteiger partial charge in [-0.1, -0.05) is 50.7 Å². The third-order valence-electron chi connectivity index (χ3n) is 5.21. The zero-order valence-corrected chi connectivity index (χ0v) is 19.9. The molecule has 0 fully saturated rings. The van der Waals surface area contributed by atoms with E-state index in [1.54, 1.807) is 11.6 Å². The quantitative estimate of drug-likeness (QED) is 0.454. The molecule has 2 N–H and O–H groups in total. The lowest BCUT2D eigenvalue weighted by atomic mass is 10.0. The Bertz CT molecular complexity index is 1110. The lowest BCUT2D eigenvalue weighted by Gasteiger charge is -2.21. The summed E-state index contributed by atoms with van der Waals surface area (Å²) >= 11 is 1.28. The number of thioether (sulfide) groups is 1. The second-order valence-corrected chi connectivity index (χ2v) is 8.89. The van der Waals surface area contributed by atoms with Crippen LogP contribution >= 0.6 is 11.8 Å². The molecule has 2 aromatic carbocycles. The van der Waals surface area contributed by atoms with Crippen molar-refractivity contribution in [1.29, 1.82) is 0 Å². The van der Waals surface area contributed by atoms with Crippen LogP contribution in [0.5, 0.6) is 0 Å². The minimum absolute atomic E-state index is 0.0315. The molecule has 1 unspecified atom stereocenters. The zero-order valence-electron chi connectivity index (χ0n) is 19.1. The molecule has 0 saturated carbocycles. The van der Waals surface area contributed by atoms with Gasteiger partial charge in [0, 0.05) is 18.3 Å². The monoisotopic (exact) mass is 469 g/mol. The Morgan fingerprint density at radius 2 is 1.79 bits per heavy atom. The fraction of sp³-hybridized carbons (Fsp3) is 0.333. The first kappa shape index (κ1) is 24.4. The summed E-state index contributed by atoms with van der Waals surface area (Å²) in [5.41, 5.74) is 2.25. The molecule has 0 radical (unpaired) electrons. The first-order chi connectivity index (χ1) is 15.8. The van der Waals surface area contributed by atoms with Crippen molar-refractivity contribution in [3.05, 3.63) is 71.3 Å².